The lowest BCUT2D eigenvalue weighted by Gasteiger charge is -2.09. The Bertz CT molecular complexity index is 1250. The molecule has 0 aliphatic carbocycles. The number of imidazole rings is 1. The highest BCUT2D eigenvalue weighted by atomic mass is 19.2. The van der Waals surface area contributed by atoms with E-state index in [1.165, 1.54) is 18.2 Å². The number of aromatic nitrogens is 2. The molecule has 0 amide bonds. The van der Waals surface area contributed by atoms with Gasteiger partial charge in [-0.05, 0) is 61.3 Å². The third kappa shape index (κ3) is 3.16. The molecule has 0 aliphatic heterocycles. The van der Waals surface area contributed by atoms with Crippen molar-refractivity contribution < 1.29 is 18.3 Å². The van der Waals surface area contributed by atoms with Crippen molar-refractivity contribution in [3.63, 3.8) is 0 Å². The number of benzene rings is 3. The Labute approximate surface area is 164 Å². The van der Waals surface area contributed by atoms with Crippen LogP contribution in [0.4, 0.5) is 14.7 Å². The summed E-state index contributed by atoms with van der Waals surface area (Å²) in [6, 6.07) is 15.4. The molecule has 144 valence electrons. The fraction of sp³-hybridized carbons (Fsp3) is 0.0455. The van der Waals surface area contributed by atoms with Crippen molar-refractivity contribution in [2.45, 2.75) is 0 Å². The molecule has 4 rings (SSSR count). The van der Waals surface area contributed by atoms with Gasteiger partial charge in [0, 0.05) is 11.3 Å². The normalized spacial score (nSPS) is 10.9. The van der Waals surface area contributed by atoms with Crippen LogP contribution in [0.5, 0.6) is 5.75 Å². The Morgan fingerprint density at radius 1 is 1.10 bits per heavy atom. The average molecular weight is 391 g/mol. The van der Waals surface area contributed by atoms with Gasteiger partial charge in [0.05, 0.1) is 23.7 Å². The minimum absolute atomic E-state index is 0.201. The van der Waals surface area contributed by atoms with Gasteiger partial charge in [0.15, 0.2) is 17.4 Å². The molecule has 0 bridgehead atoms. The van der Waals surface area contributed by atoms with Crippen molar-refractivity contribution in [3.05, 3.63) is 83.4 Å². The first-order valence-corrected chi connectivity index (χ1v) is 8.66. The van der Waals surface area contributed by atoms with Gasteiger partial charge in [-0.3, -0.25) is 9.36 Å². The SMILES string of the molecule is C=Nc1nc2ccc(C(=O)c3cccc(F)c3F)cc2n1-c1ccc(OC)cc1. The Balaban J connectivity index is 1.87. The highest BCUT2D eigenvalue weighted by Crippen LogP contribution is 2.29. The molecule has 0 spiro atoms. The van der Waals surface area contributed by atoms with Crippen LogP contribution in [-0.2, 0) is 0 Å². The number of fused-ring (bicyclic) bond motifs is 1. The zero-order chi connectivity index (χ0) is 20.5. The largest absolute Gasteiger partial charge is 0.497 e. The smallest absolute Gasteiger partial charge is 0.234 e. The molecule has 0 saturated carbocycles. The highest BCUT2D eigenvalue weighted by Gasteiger charge is 2.19. The lowest BCUT2D eigenvalue weighted by molar-refractivity contribution is 0.103. The quantitative estimate of drug-likeness (QED) is 0.360. The zero-order valence-corrected chi connectivity index (χ0v) is 15.4. The van der Waals surface area contributed by atoms with E-state index in [4.69, 9.17) is 4.74 Å². The minimum Gasteiger partial charge on any atom is -0.497 e. The number of hydrogen-bond acceptors (Lipinski definition) is 4. The lowest BCUT2D eigenvalue weighted by Crippen LogP contribution is -2.06. The van der Waals surface area contributed by atoms with E-state index in [2.05, 4.69) is 16.7 Å². The van der Waals surface area contributed by atoms with Crippen LogP contribution in [-0.4, -0.2) is 29.2 Å². The summed E-state index contributed by atoms with van der Waals surface area (Å²) >= 11 is 0. The molecule has 7 heteroatoms. The maximum absolute atomic E-state index is 14.1. The molecule has 0 fully saturated rings. The number of carbonyl (C=O) groups excluding carboxylic acids is 1. The monoisotopic (exact) mass is 391 g/mol. The molecule has 0 unspecified atom stereocenters. The summed E-state index contributed by atoms with van der Waals surface area (Å²) in [4.78, 5) is 21.2. The minimum atomic E-state index is -1.17. The van der Waals surface area contributed by atoms with E-state index in [0.29, 0.717) is 22.7 Å². The fourth-order valence-electron chi connectivity index (χ4n) is 3.13. The number of rotatable bonds is 5. The molecule has 0 saturated heterocycles. The number of methoxy groups -OCH3 is 1. The van der Waals surface area contributed by atoms with Crippen molar-refractivity contribution in [2.24, 2.45) is 4.99 Å². The molecule has 0 N–H and O–H groups in total. The Morgan fingerprint density at radius 2 is 1.86 bits per heavy atom. The van der Waals surface area contributed by atoms with Gasteiger partial charge in [-0.2, -0.15) is 0 Å². The van der Waals surface area contributed by atoms with Gasteiger partial charge < -0.3 is 4.74 Å². The predicted molar refractivity (Wildman–Crippen MR) is 107 cm³/mol. The van der Waals surface area contributed by atoms with E-state index < -0.39 is 17.4 Å². The van der Waals surface area contributed by atoms with Crippen LogP contribution < -0.4 is 4.74 Å². The van der Waals surface area contributed by atoms with Crippen LogP contribution >= 0.6 is 0 Å². The maximum atomic E-state index is 14.1. The standard InChI is InChI=1S/C22H15F2N3O2/c1-25-22-26-18-11-6-13(21(28)16-4-3-5-17(23)20(16)24)12-19(18)27(22)14-7-9-15(29-2)10-8-14/h3-12H,1H2,2H3. The van der Waals surface area contributed by atoms with Crippen molar-refractivity contribution >= 4 is 29.5 Å². The summed E-state index contributed by atoms with van der Waals surface area (Å²) in [6.07, 6.45) is 0. The van der Waals surface area contributed by atoms with Gasteiger partial charge in [0.25, 0.3) is 0 Å². The van der Waals surface area contributed by atoms with Crippen LogP contribution in [0.25, 0.3) is 16.7 Å². The first-order chi connectivity index (χ1) is 14.0. The Hall–Kier alpha value is -3.87. The van der Waals surface area contributed by atoms with E-state index in [1.807, 2.05) is 12.1 Å². The van der Waals surface area contributed by atoms with Crippen molar-refractivity contribution in [1.29, 1.82) is 0 Å². The second-order valence-corrected chi connectivity index (χ2v) is 6.24. The molecule has 1 aromatic heterocycles. The van der Waals surface area contributed by atoms with Crippen molar-refractivity contribution in [2.75, 3.05) is 7.11 Å². The summed E-state index contributed by atoms with van der Waals surface area (Å²) in [7, 11) is 1.57. The number of halogens is 2. The number of aliphatic imine (C=N–C) groups is 1. The van der Waals surface area contributed by atoms with Crippen LogP contribution in [0.2, 0.25) is 0 Å². The topological polar surface area (TPSA) is 56.5 Å². The molecule has 5 nitrogen and oxygen atoms in total. The van der Waals surface area contributed by atoms with Crippen molar-refractivity contribution in [3.8, 4) is 11.4 Å². The summed E-state index contributed by atoms with van der Waals surface area (Å²) in [5, 5.41) is 0. The number of ketones is 1. The van der Waals surface area contributed by atoms with Gasteiger partial charge >= 0.3 is 0 Å². The second kappa shape index (κ2) is 7.27. The van der Waals surface area contributed by atoms with E-state index in [1.54, 1.807) is 35.9 Å². The maximum Gasteiger partial charge on any atom is 0.234 e. The number of nitrogens with zero attached hydrogens (tertiary/aromatic N) is 3. The number of hydrogen-bond donors (Lipinski definition) is 0. The summed E-state index contributed by atoms with van der Waals surface area (Å²) in [5.74, 6) is -1.84. The zero-order valence-electron chi connectivity index (χ0n) is 15.4. The molecule has 29 heavy (non-hydrogen) atoms. The first kappa shape index (κ1) is 18.5. The van der Waals surface area contributed by atoms with Gasteiger partial charge in [-0.15, -0.1) is 0 Å². The van der Waals surface area contributed by atoms with Crippen LogP contribution in [0, 0.1) is 11.6 Å². The van der Waals surface area contributed by atoms with Gasteiger partial charge in [0.1, 0.15) is 5.75 Å². The third-order valence-corrected chi connectivity index (χ3v) is 4.57. The second-order valence-electron chi connectivity index (χ2n) is 6.24. The van der Waals surface area contributed by atoms with Gasteiger partial charge in [-0.25, -0.2) is 18.8 Å². The highest BCUT2D eigenvalue weighted by molar-refractivity contribution is 6.10. The van der Waals surface area contributed by atoms with Gasteiger partial charge in [-0.1, -0.05) is 6.07 Å². The van der Waals surface area contributed by atoms with Gasteiger partial charge in [0.2, 0.25) is 5.95 Å². The predicted octanol–water partition coefficient (Wildman–Crippen LogP) is 4.88. The van der Waals surface area contributed by atoms with Crippen LogP contribution in [0.3, 0.4) is 0 Å². The van der Waals surface area contributed by atoms with Crippen LogP contribution in [0.1, 0.15) is 15.9 Å². The lowest BCUT2D eigenvalue weighted by atomic mass is 10.0. The molecule has 0 aliphatic rings. The summed E-state index contributed by atoms with van der Waals surface area (Å²) in [5.41, 5.74) is 1.77. The molecule has 0 radical (unpaired) electrons. The Morgan fingerprint density at radius 3 is 2.55 bits per heavy atom. The number of carbonyl (C=O) groups is 1. The molecule has 1 heterocycles. The van der Waals surface area contributed by atoms with E-state index >= 15 is 0 Å². The summed E-state index contributed by atoms with van der Waals surface area (Å²) in [6.45, 7) is 3.56. The average Bonchev–Trinajstić information content (AvgIpc) is 3.13. The molecule has 3 aromatic carbocycles. The van der Waals surface area contributed by atoms with E-state index in [9.17, 15) is 13.6 Å². The third-order valence-electron chi connectivity index (χ3n) is 4.57. The van der Waals surface area contributed by atoms with Crippen molar-refractivity contribution in [1.82, 2.24) is 9.55 Å². The molecular weight excluding hydrogens is 376 g/mol. The molecular formula is C22H15F2N3O2. The van der Waals surface area contributed by atoms with Crippen LogP contribution in [0.15, 0.2) is 65.7 Å². The molecule has 4 aromatic rings. The Kier molecular flexibility index (Phi) is 4.64. The fourth-order valence-corrected chi connectivity index (χ4v) is 3.13. The first-order valence-electron chi connectivity index (χ1n) is 8.66. The van der Waals surface area contributed by atoms with E-state index in [0.717, 1.165) is 11.8 Å². The summed E-state index contributed by atoms with van der Waals surface area (Å²) < 4.78 is 34.5. The van der Waals surface area contributed by atoms with E-state index in [-0.39, 0.29) is 11.1 Å². The molecule has 0 atom stereocenters. The number of ether oxygens (including phenoxy) is 1.